The molecule has 1 heterocycles. The Kier molecular flexibility index (Phi) is 6.12. The molecule has 1 aliphatic carbocycles. The van der Waals surface area contributed by atoms with Crippen LogP contribution in [0.2, 0.25) is 0 Å². The second-order valence-electron chi connectivity index (χ2n) is 8.28. The van der Waals surface area contributed by atoms with Gasteiger partial charge in [0.25, 0.3) is 0 Å². The summed E-state index contributed by atoms with van der Waals surface area (Å²) in [5.41, 5.74) is 0.327. The molecule has 5 nitrogen and oxygen atoms in total. The molecule has 0 unspecified atom stereocenters. The van der Waals surface area contributed by atoms with Crippen LogP contribution in [0.4, 0.5) is 8.78 Å². The molecule has 5 atom stereocenters. The van der Waals surface area contributed by atoms with Crippen LogP contribution in [0.1, 0.15) is 58.1 Å². The number of fused-ring (bicyclic) bond motifs is 1. The third-order valence-electron chi connectivity index (χ3n) is 6.06. The lowest BCUT2D eigenvalue weighted by atomic mass is 9.66. The number of alkyl halides is 2. The third kappa shape index (κ3) is 4.40. The minimum Gasteiger partial charge on any atom is -0.493 e. The first-order chi connectivity index (χ1) is 13.2. The minimum atomic E-state index is -2.94. The Morgan fingerprint density at radius 3 is 2.71 bits per heavy atom. The third-order valence-corrected chi connectivity index (χ3v) is 6.06. The zero-order valence-corrected chi connectivity index (χ0v) is 16.8. The highest BCUT2D eigenvalue weighted by molar-refractivity contribution is 5.73. The molecular weight excluding hydrogens is 368 g/mol. The van der Waals surface area contributed by atoms with Crippen molar-refractivity contribution in [1.82, 2.24) is 5.32 Å². The molecule has 7 heteroatoms. The van der Waals surface area contributed by atoms with Crippen molar-refractivity contribution in [3.05, 3.63) is 23.8 Å². The Hall–Kier alpha value is -1.89. The van der Waals surface area contributed by atoms with E-state index in [1.165, 1.54) is 14.0 Å². The summed E-state index contributed by atoms with van der Waals surface area (Å²) < 4.78 is 41.7. The number of amides is 1. The zero-order valence-electron chi connectivity index (χ0n) is 16.8. The Balaban J connectivity index is 1.92. The average Bonchev–Trinajstić information content (AvgIpc) is 2.59. The second kappa shape index (κ2) is 8.23. The molecule has 0 aromatic heterocycles. The standard InChI is InChI=1S/C21H29F2NO4/c1-12-5-7-15-17(9-12)27-19(11-21(15,3)24-13(2)25)14-6-8-16(26-4)18(10-14)28-20(22)23/h6,8,10,12,15,17,19-20H,5,7,9,11H2,1-4H3,(H,24,25)/t12-,15-,17-,19-,21+/m1/s1. The van der Waals surface area contributed by atoms with Gasteiger partial charge in [-0.25, -0.2) is 0 Å². The number of ether oxygens (including phenoxy) is 3. The Morgan fingerprint density at radius 2 is 2.07 bits per heavy atom. The summed E-state index contributed by atoms with van der Waals surface area (Å²) in [6, 6.07) is 4.97. The summed E-state index contributed by atoms with van der Waals surface area (Å²) in [7, 11) is 1.41. The van der Waals surface area contributed by atoms with Crippen molar-refractivity contribution in [2.75, 3.05) is 7.11 Å². The van der Waals surface area contributed by atoms with Gasteiger partial charge in [0.05, 0.1) is 19.3 Å². The van der Waals surface area contributed by atoms with Crippen LogP contribution in [-0.2, 0) is 9.53 Å². The number of carbonyl (C=O) groups excluding carboxylic acids is 1. The van der Waals surface area contributed by atoms with Crippen molar-refractivity contribution in [2.24, 2.45) is 11.8 Å². The molecule has 156 valence electrons. The van der Waals surface area contributed by atoms with E-state index in [-0.39, 0.29) is 35.5 Å². The predicted molar refractivity (Wildman–Crippen MR) is 101 cm³/mol. The van der Waals surface area contributed by atoms with Crippen LogP contribution in [0, 0.1) is 11.8 Å². The van der Waals surface area contributed by atoms with Crippen LogP contribution in [0.25, 0.3) is 0 Å². The quantitative estimate of drug-likeness (QED) is 0.797. The number of carbonyl (C=O) groups is 1. The molecule has 1 saturated carbocycles. The number of halogens is 2. The maximum absolute atomic E-state index is 12.8. The van der Waals surface area contributed by atoms with E-state index in [0.29, 0.717) is 12.3 Å². The lowest BCUT2D eigenvalue weighted by Crippen LogP contribution is -2.60. The summed E-state index contributed by atoms with van der Waals surface area (Å²) in [5, 5.41) is 3.15. The highest BCUT2D eigenvalue weighted by atomic mass is 19.3. The average molecular weight is 397 g/mol. The molecule has 0 bridgehead atoms. The molecule has 2 fully saturated rings. The van der Waals surface area contributed by atoms with E-state index in [1.54, 1.807) is 12.1 Å². The Labute approximate surface area is 164 Å². The molecule has 1 N–H and O–H groups in total. The SMILES string of the molecule is COc1ccc([C@H]2C[C@](C)(NC(C)=O)[C@@H]3CC[C@@H](C)C[C@H]3O2)cc1OC(F)F. The zero-order chi connectivity index (χ0) is 20.5. The number of benzene rings is 1. The lowest BCUT2D eigenvalue weighted by Gasteiger charge is -2.52. The van der Waals surface area contributed by atoms with E-state index in [9.17, 15) is 13.6 Å². The fourth-order valence-electron chi connectivity index (χ4n) is 4.83. The molecule has 1 aromatic carbocycles. The molecule has 0 spiro atoms. The Bertz CT molecular complexity index is 714. The number of nitrogens with one attached hydrogen (secondary N) is 1. The van der Waals surface area contributed by atoms with E-state index in [1.807, 2.05) is 6.07 Å². The van der Waals surface area contributed by atoms with E-state index >= 15 is 0 Å². The van der Waals surface area contributed by atoms with Gasteiger partial charge in [0, 0.05) is 24.8 Å². The van der Waals surface area contributed by atoms with Crippen LogP contribution in [0.3, 0.4) is 0 Å². The molecule has 1 aliphatic heterocycles. The van der Waals surface area contributed by atoms with Crippen molar-refractivity contribution in [1.29, 1.82) is 0 Å². The molecule has 1 saturated heterocycles. The molecule has 0 radical (unpaired) electrons. The van der Waals surface area contributed by atoms with E-state index in [2.05, 4.69) is 23.9 Å². The van der Waals surface area contributed by atoms with Crippen molar-refractivity contribution >= 4 is 5.91 Å². The maximum atomic E-state index is 12.8. The minimum absolute atomic E-state index is 0.0147. The number of hydrogen-bond donors (Lipinski definition) is 1. The number of rotatable bonds is 5. The summed E-state index contributed by atoms with van der Waals surface area (Å²) >= 11 is 0. The van der Waals surface area contributed by atoms with E-state index in [4.69, 9.17) is 9.47 Å². The molecular formula is C21H29F2NO4. The summed E-state index contributed by atoms with van der Waals surface area (Å²) in [6.07, 6.45) is 3.29. The fourth-order valence-corrected chi connectivity index (χ4v) is 4.83. The number of methoxy groups -OCH3 is 1. The molecule has 3 rings (SSSR count). The van der Waals surface area contributed by atoms with Gasteiger partial charge in [-0.2, -0.15) is 8.78 Å². The maximum Gasteiger partial charge on any atom is 0.387 e. The molecule has 1 aromatic rings. The van der Waals surface area contributed by atoms with Crippen molar-refractivity contribution < 1.29 is 27.8 Å². The smallest absolute Gasteiger partial charge is 0.387 e. The summed E-state index contributed by atoms with van der Waals surface area (Å²) in [4.78, 5) is 11.9. The highest BCUT2D eigenvalue weighted by Crippen LogP contribution is 2.48. The first kappa shape index (κ1) is 20.8. The first-order valence-corrected chi connectivity index (χ1v) is 9.79. The van der Waals surface area contributed by atoms with E-state index < -0.39 is 12.2 Å². The van der Waals surface area contributed by atoms with Gasteiger partial charge in [0.2, 0.25) is 5.91 Å². The van der Waals surface area contributed by atoms with Crippen molar-refractivity contribution in [3.8, 4) is 11.5 Å². The van der Waals surface area contributed by atoms with Gasteiger partial charge in [-0.05, 0) is 43.4 Å². The van der Waals surface area contributed by atoms with Gasteiger partial charge in [0.1, 0.15) is 0 Å². The van der Waals surface area contributed by atoms with Crippen molar-refractivity contribution in [3.63, 3.8) is 0 Å². The largest absolute Gasteiger partial charge is 0.493 e. The molecule has 2 aliphatic rings. The first-order valence-electron chi connectivity index (χ1n) is 9.79. The van der Waals surface area contributed by atoms with Gasteiger partial charge in [-0.3, -0.25) is 4.79 Å². The summed E-state index contributed by atoms with van der Waals surface area (Å²) in [6.45, 7) is 2.86. The van der Waals surface area contributed by atoms with Crippen LogP contribution < -0.4 is 14.8 Å². The topological polar surface area (TPSA) is 56.8 Å². The van der Waals surface area contributed by atoms with Crippen LogP contribution in [0.5, 0.6) is 11.5 Å². The van der Waals surface area contributed by atoms with Crippen LogP contribution >= 0.6 is 0 Å². The van der Waals surface area contributed by atoms with Crippen molar-refractivity contribution in [2.45, 2.75) is 70.8 Å². The second-order valence-corrected chi connectivity index (χ2v) is 8.28. The van der Waals surface area contributed by atoms with Gasteiger partial charge < -0.3 is 19.5 Å². The van der Waals surface area contributed by atoms with Gasteiger partial charge in [0.15, 0.2) is 11.5 Å². The lowest BCUT2D eigenvalue weighted by molar-refractivity contribution is -0.153. The highest BCUT2D eigenvalue weighted by Gasteiger charge is 2.49. The van der Waals surface area contributed by atoms with E-state index in [0.717, 1.165) is 24.8 Å². The Morgan fingerprint density at radius 1 is 1.32 bits per heavy atom. The fraction of sp³-hybridized carbons (Fsp3) is 0.667. The summed E-state index contributed by atoms with van der Waals surface area (Å²) in [5.74, 6) is 0.943. The van der Waals surface area contributed by atoms with Gasteiger partial charge in [-0.1, -0.05) is 19.4 Å². The van der Waals surface area contributed by atoms with Gasteiger partial charge >= 0.3 is 6.61 Å². The number of hydrogen-bond acceptors (Lipinski definition) is 4. The van der Waals surface area contributed by atoms with Crippen LogP contribution in [0.15, 0.2) is 18.2 Å². The monoisotopic (exact) mass is 397 g/mol. The molecule has 1 amide bonds. The van der Waals surface area contributed by atoms with Crippen LogP contribution in [-0.4, -0.2) is 31.3 Å². The molecule has 28 heavy (non-hydrogen) atoms. The van der Waals surface area contributed by atoms with Gasteiger partial charge in [-0.15, -0.1) is 0 Å². The normalized spacial score (nSPS) is 32.5. The predicted octanol–water partition coefficient (Wildman–Crippen LogP) is 4.46.